The van der Waals surface area contributed by atoms with Gasteiger partial charge in [0, 0.05) is 49.1 Å². The summed E-state index contributed by atoms with van der Waals surface area (Å²) in [5, 5.41) is 3.24. The van der Waals surface area contributed by atoms with E-state index >= 15 is 0 Å². The Morgan fingerprint density at radius 2 is 2.04 bits per heavy atom. The van der Waals surface area contributed by atoms with E-state index in [-0.39, 0.29) is 18.3 Å². The maximum Gasteiger partial charge on any atom is 0.223 e. The van der Waals surface area contributed by atoms with E-state index in [9.17, 15) is 4.79 Å². The summed E-state index contributed by atoms with van der Waals surface area (Å²) in [4.78, 5) is 18.3. The maximum atomic E-state index is 12.1. The van der Waals surface area contributed by atoms with Gasteiger partial charge in [-0.1, -0.05) is 34.1 Å². The predicted octanol–water partition coefficient (Wildman–Crippen LogP) is 2.89. The number of piperazine rings is 1. The van der Waals surface area contributed by atoms with Crippen LogP contribution >= 0.6 is 28.3 Å². The molecule has 1 N–H and O–H groups in total. The predicted molar refractivity (Wildman–Crippen MR) is 94.7 cm³/mol. The zero-order valence-corrected chi connectivity index (χ0v) is 15.0. The number of amides is 1. The Labute approximate surface area is 150 Å². The highest BCUT2D eigenvalue weighted by molar-refractivity contribution is 9.10. The molecule has 0 radical (unpaired) electrons. The zero-order valence-electron chi connectivity index (χ0n) is 12.6. The molecule has 1 aromatic carbocycles. The molecule has 0 unspecified atom stereocenters. The molecular formula is C16H19BrClN3O2. The molecule has 1 amide bonds. The molecule has 0 bridgehead atoms. The van der Waals surface area contributed by atoms with Crippen LogP contribution in [0.3, 0.4) is 0 Å². The summed E-state index contributed by atoms with van der Waals surface area (Å²) in [5.74, 6) is 1.49. The molecule has 7 heteroatoms. The second-order valence-corrected chi connectivity index (χ2v) is 6.08. The Morgan fingerprint density at radius 1 is 1.30 bits per heavy atom. The van der Waals surface area contributed by atoms with E-state index in [2.05, 4.69) is 26.2 Å². The average molecular weight is 401 g/mol. The first-order chi connectivity index (χ1) is 10.7. The molecule has 0 saturated carbocycles. The van der Waals surface area contributed by atoms with Crippen molar-refractivity contribution in [3.05, 3.63) is 40.8 Å². The highest BCUT2D eigenvalue weighted by Gasteiger charge is 2.17. The number of carbonyl (C=O) groups is 1. The first-order valence-corrected chi connectivity index (χ1v) is 8.21. The molecule has 1 aromatic heterocycles. The fraction of sp³-hybridized carbons (Fsp3) is 0.375. The van der Waals surface area contributed by atoms with Crippen molar-refractivity contribution in [3.63, 3.8) is 0 Å². The van der Waals surface area contributed by atoms with Gasteiger partial charge in [0.2, 0.25) is 5.91 Å². The van der Waals surface area contributed by atoms with E-state index in [1.54, 1.807) is 6.20 Å². The van der Waals surface area contributed by atoms with E-state index < -0.39 is 0 Å². The summed E-state index contributed by atoms with van der Waals surface area (Å²) in [6.45, 7) is 3.31. The average Bonchev–Trinajstić information content (AvgIpc) is 3.02. The van der Waals surface area contributed by atoms with Crippen molar-refractivity contribution in [1.29, 1.82) is 0 Å². The summed E-state index contributed by atoms with van der Waals surface area (Å²) in [7, 11) is 0. The highest BCUT2D eigenvalue weighted by Crippen LogP contribution is 2.28. The first-order valence-electron chi connectivity index (χ1n) is 7.42. The third-order valence-corrected chi connectivity index (χ3v) is 4.41. The molecule has 5 nitrogen and oxygen atoms in total. The van der Waals surface area contributed by atoms with Crippen molar-refractivity contribution in [2.24, 2.45) is 0 Å². The Morgan fingerprint density at radius 3 is 2.78 bits per heavy atom. The minimum absolute atomic E-state index is 0. The van der Waals surface area contributed by atoms with Crippen molar-refractivity contribution < 1.29 is 9.21 Å². The minimum atomic E-state index is 0. The quantitative estimate of drug-likeness (QED) is 0.857. The number of nitrogens with one attached hydrogen (secondary N) is 1. The van der Waals surface area contributed by atoms with Crippen LogP contribution in [0, 0.1) is 0 Å². The summed E-state index contributed by atoms with van der Waals surface area (Å²) in [6, 6.07) is 7.85. The molecule has 0 atom stereocenters. The molecular weight excluding hydrogens is 382 g/mol. The van der Waals surface area contributed by atoms with Crippen LogP contribution in [-0.2, 0) is 11.2 Å². The molecule has 0 spiro atoms. The van der Waals surface area contributed by atoms with Gasteiger partial charge < -0.3 is 14.6 Å². The van der Waals surface area contributed by atoms with Crippen LogP contribution in [0.25, 0.3) is 11.3 Å². The van der Waals surface area contributed by atoms with Crippen molar-refractivity contribution in [3.8, 4) is 11.3 Å². The number of aromatic nitrogens is 1. The van der Waals surface area contributed by atoms with Gasteiger partial charge in [0.05, 0.1) is 6.20 Å². The summed E-state index contributed by atoms with van der Waals surface area (Å²) >= 11 is 3.50. The van der Waals surface area contributed by atoms with E-state index in [1.165, 1.54) is 0 Å². The van der Waals surface area contributed by atoms with Crippen LogP contribution < -0.4 is 5.32 Å². The van der Waals surface area contributed by atoms with Gasteiger partial charge in [-0.15, -0.1) is 12.4 Å². The standard InChI is InChI=1S/C16H18BrN3O2.ClH/c17-13-4-2-1-3-12(13)14-11-19-15(22-14)5-6-16(21)20-9-7-18-8-10-20;/h1-4,11,18H,5-10H2;1H. The molecule has 3 rings (SSSR count). The molecule has 1 fully saturated rings. The number of hydrogen-bond acceptors (Lipinski definition) is 4. The van der Waals surface area contributed by atoms with Gasteiger partial charge in [0.25, 0.3) is 0 Å². The summed E-state index contributed by atoms with van der Waals surface area (Å²) in [6.07, 6.45) is 2.69. The lowest BCUT2D eigenvalue weighted by atomic mass is 10.2. The Kier molecular flexibility index (Phi) is 6.62. The third kappa shape index (κ3) is 4.56. The van der Waals surface area contributed by atoms with Gasteiger partial charge in [0.1, 0.15) is 0 Å². The molecule has 23 heavy (non-hydrogen) atoms. The number of halogens is 2. The zero-order chi connectivity index (χ0) is 15.4. The number of nitrogens with zero attached hydrogens (tertiary/aromatic N) is 2. The van der Waals surface area contributed by atoms with Crippen LogP contribution in [0.2, 0.25) is 0 Å². The van der Waals surface area contributed by atoms with Crippen molar-refractivity contribution >= 4 is 34.2 Å². The van der Waals surface area contributed by atoms with E-state index in [0.29, 0.717) is 18.7 Å². The summed E-state index contributed by atoms with van der Waals surface area (Å²) < 4.78 is 6.73. The van der Waals surface area contributed by atoms with Gasteiger partial charge in [0.15, 0.2) is 11.7 Å². The number of benzene rings is 1. The third-order valence-electron chi connectivity index (χ3n) is 3.72. The fourth-order valence-corrected chi connectivity index (χ4v) is 2.98. The van der Waals surface area contributed by atoms with Gasteiger partial charge in [-0.2, -0.15) is 0 Å². The lowest BCUT2D eigenvalue weighted by molar-refractivity contribution is -0.131. The van der Waals surface area contributed by atoms with E-state index in [1.807, 2.05) is 29.2 Å². The largest absolute Gasteiger partial charge is 0.441 e. The van der Waals surface area contributed by atoms with Gasteiger partial charge in [-0.3, -0.25) is 4.79 Å². The minimum Gasteiger partial charge on any atom is -0.441 e. The van der Waals surface area contributed by atoms with Crippen molar-refractivity contribution in [1.82, 2.24) is 15.2 Å². The number of carbonyl (C=O) groups excluding carboxylic acids is 1. The van der Waals surface area contributed by atoms with E-state index in [4.69, 9.17) is 4.42 Å². The lowest BCUT2D eigenvalue weighted by Crippen LogP contribution is -2.46. The second-order valence-electron chi connectivity index (χ2n) is 5.23. The number of aryl methyl sites for hydroxylation is 1. The monoisotopic (exact) mass is 399 g/mol. The van der Waals surface area contributed by atoms with Gasteiger partial charge >= 0.3 is 0 Å². The number of hydrogen-bond donors (Lipinski definition) is 1. The summed E-state index contributed by atoms with van der Waals surface area (Å²) in [5.41, 5.74) is 0.967. The SMILES string of the molecule is Cl.O=C(CCc1ncc(-c2ccccc2Br)o1)N1CCNCC1. The van der Waals surface area contributed by atoms with Crippen LogP contribution in [0.4, 0.5) is 0 Å². The molecule has 2 aromatic rings. The van der Waals surface area contributed by atoms with Crippen molar-refractivity contribution in [2.75, 3.05) is 26.2 Å². The number of oxazole rings is 1. The number of rotatable bonds is 4. The first kappa shape index (κ1) is 18.0. The maximum absolute atomic E-state index is 12.1. The Hall–Kier alpha value is -1.37. The molecule has 1 aliphatic heterocycles. The van der Waals surface area contributed by atoms with Gasteiger partial charge in [-0.25, -0.2) is 4.98 Å². The fourth-order valence-electron chi connectivity index (χ4n) is 2.50. The molecule has 1 saturated heterocycles. The highest BCUT2D eigenvalue weighted by atomic mass is 79.9. The molecule has 1 aliphatic rings. The lowest BCUT2D eigenvalue weighted by Gasteiger charge is -2.27. The molecule has 2 heterocycles. The van der Waals surface area contributed by atoms with Crippen molar-refractivity contribution in [2.45, 2.75) is 12.8 Å². The molecule has 0 aliphatic carbocycles. The van der Waals surface area contributed by atoms with Crippen LogP contribution in [-0.4, -0.2) is 42.0 Å². The topological polar surface area (TPSA) is 58.4 Å². The normalized spacial score (nSPS) is 14.4. The van der Waals surface area contributed by atoms with Crippen LogP contribution in [0.1, 0.15) is 12.3 Å². The van der Waals surface area contributed by atoms with Crippen LogP contribution in [0.5, 0.6) is 0 Å². The molecule has 124 valence electrons. The Balaban J connectivity index is 0.00000192. The van der Waals surface area contributed by atoms with Crippen LogP contribution in [0.15, 0.2) is 39.4 Å². The van der Waals surface area contributed by atoms with E-state index in [0.717, 1.165) is 42.0 Å². The Bertz CT molecular complexity index is 656. The second kappa shape index (κ2) is 8.47. The van der Waals surface area contributed by atoms with Gasteiger partial charge in [-0.05, 0) is 6.07 Å². The smallest absolute Gasteiger partial charge is 0.223 e.